The van der Waals surface area contributed by atoms with E-state index >= 15 is 0 Å². The highest BCUT2D eigenvalue weighted by atomic mass is 16.4. The van der Waals surface area contributed by atoms with Gasteiger partial charge in [0.15, 0.2) is 0 Å². The van der Waals surface area contributed by atoms with Gasteiger partial charge in [0.25, 0.3) is 0 Å². The van der Waals surface area contributed by atoms with Crippen LogP contribution in [0.25, 0.3) is 0 Å². The first-order valence-electron chi connectivity index (χ1n) is 4.58. The number of rotatable bonds is 4. The fourth-order valence-electron chi connectivity index (χ4n) is 1.93. The Morgan fingerprint density at radius 3 is 2.50 bits per heavy atom. The minimum Gasteiger partial charge on any atom is -0.480 e. The van der Waals surface area contributed by atoms with Gasteiger partial charge in [0.1, 0.15) is 6.04 Å². The Bertz CT molecular complexity index is 170. The minimum absolute atomic E-state index is 0.262. The van der Waals surface area contributed by atoms with Gasteiger partial charge in [-0.25, -0.2) is 0 Å². The lowest BCUT2D eigenvalue weighted by Gasteiger charge is -2.42. The first-order valence-corrected chi connectivity index (χ1v) is 4.58. The predicted molar refractivity (Wildman–Crippen MR) is 46.8 cm³/mol. The molecule has 0 aromatic heterocycles. The van der Waals surface area contributed by atoms with Gasteiger partial charge >= 0.3 is 5.97 Å². The lowest BCUT2D eigenvalue weighted by Crippen LogP contribution is -2.40. The number of carboxylic acids is 1. The van der Waals surface area contributed by atoms with Crippen LogP contribution >= 0.6 is 0 Å². The van der Waals surface area contributed by atoms with Crippen LogP contribution in [0.4, 0.5) is 0 Å². The second-order valence-corrected chi connectivity index (χ2v) is 3.86. The summed E-state index contributed by atoms with van der Waals surface area (Å²) in [5.41, 5.74) is 5.75. The Morgan fingerprint density at radius 2 is 2.25 bits per heavy atom. The summed E-state index contributed by atoms with van der Waals surface area (Å²) >= 11 is 0. The number of hydrogen-bond donors (Lipinski definition) is 2. The summed E-state index contributed by atoms with van der Waals surface area (Å²) in [6.07, 6.45) is 5.27. The third-order valence-electron chi connectivity index (χ3n) is 3.13. The van der Waals surface area contributed by atoms with Crippen molar-refractivity contribution in [2.75, 3.05) is 0 Å². The molecule has 1 aliphatic carbocycles. The topological polar surface area (TPSA) is 63.3 Å². The molecular formula is C9H17NO2. The maximum absolute atomic E-state index is 10.5. The van der Waals surface area contributed by atoms with Crippen LogP contribution in [0.1, 0.15) is 39.0 Å². The van der Waals surface area contributed by atoms with E-state index in [1.54, 1.807) is 0 Å². The molecule has 0 amide bonds. The Hall–Kier alpha value is -0.570. The molecule has 0 spiro atoms. The third kappa shape index (κ3) is 1.78. The van der Waals surface area contributed by atoms with Crippen LogP contribution in [0.15, 0.2) is 0 Å². The van der Waals surface area contributed by atoms with Gasteiger partial charge in [-0.2, -0.15) is 0 Å². The molecule has 0 unspecified atom stereocenters. The first kappa shape index (κ1) is 9.52. The standard InChI is InChI=1S/C9H17NO2/c1-2-9(4-3-5-9)6-7(10)8(11)12/h7H,2-6,10H2,1H3,(H,11,12)/t7-/m1/s1. The lowest BCUT2D eigenvalue weighted by atomic mass is 9.64. The molecule has 1 atom stereocenters. The SMILES string of the molecule is CCC1(C[C@@H](N)C(=O)O)CCC1. The summed E-state index contributed by atoms with van der Waals surface area (Å²) < 4.78 is 0. The van der Waals surface area contributed by atoms with Crippen molar-refractivity contribution in [1.82, 2.24) is 0 Å². The fraction of sp³-hybridized carbons (Fsp3) is 0.889. The highest BCUT2D eigenvalue weighted by Crippen LogP contribution is 2.47. The van der Waals surface area contributed by atoms with Crippen molar-refractivity contribution in [3.63, 3.8) is 0 Å². The fourth-order valence-corrected chi connectivity index (χ4v) is 1.93. The Balaban J connectivity index is 2.42. The van der Waals surface area contributed by atoms with E-state index in [1.807, 2.05) is 0 Å². The van der Waals surface area contributed by atoms with E-state index in [-0.39, 0.29) is 5.41 Å². The van der Waals surface area contributed by atoms with Gasteiger partial charge in [-0.1, -0.05) is 19.8 Å². The monoisotopic (exact) mass is 171 g/mol. The van der Waals surface area contributed by atoms with Crippen molar-refractivity contribution in [3.8, 4) is 0 Å². The number of aliphatic carboxylic acids is 1. The van der Waals surface area contributed by atoms with Crippen molar-refractivity contribution in [2.24, 2.45) is 11.1 Å². The predicted octanol–water partition coefficient (Wildman–Crippen LogP) is 1.37. The van der Waals surface area contributed by atoms with Crippen molar-refractivity contribution >= 4 is 5.97 Å². The van der Waals surface area contributed by atoms with Crippen molar-refractivity contribution in [3.05, 3.63) is 0 Å². The van der Waals surface area contributed by atoms with E-state index < -0.39 is 12.0 Å². The lowest BCUT2D eigenvalue weighted by molar-refractivity contribution is -0.139. The van der Waals surface area contributed by atoms with Crippen LogP contribution in [0, 0.1) is 5.41 Å². The summed E-state index contributed by atoms with van der Waals surface area (Å²) in [7, 11) is 0. The zero-order valence-electron chi connectivity index (χ0n) is 7.55. The smallest absolute Gasteiger partial charge is 0.320 e. The van der Waals surface area contributed by atoms with Crippen LogP contribution in [-0.4, -0.2) is 17.1 Å². The van der Waals surface area contributed by atoms with E-state index in [9.17, 15) is 4.79 Å². The maximum atomic E-state index is 10.5. The van der Waals surface area contributed by atoms with Crippen LogP contribution in [0.3, 0.4) is 0 Å². The summed E-state index contributed by atoms with van der Waals surface area (Å²) in [6.45, 7) is 2.12. The quantitative estimate of drug-likeness (QED) is 0.671. The molecule has 0 saturated heterocycles. The zero-order chi connectivity index (χ0) is 9.19. The summed E-state index contributed by atoms with van der Waals surface area (Å²) in [5, 5.41) is 8.64. The Labute approximate surface area is 72.9 Å². The summed E-state index contributed by atoms with van der Waals surface area (Å²) in [4.78, 5) is 10.5. The maximum Gasteiger partial charge on any atom is 0.320 e. The average Bonchev–Trinajstić information content (AvgIpc) is 1.96. The van der Waals surface area contributed by atoms with E-state index in [1.165, 1.54) is 6.42 Å². The van der Waals surface area contributed by atoms with Crippen LogP contribution in [0.5, 0.6) is 0 Å². The number of hydrogen-bond acceptors (Lipinski definition) is 2. The van der Waals surface area contributed by atoms with Crippen LogP contribution in [-0.2, 0) is 4.79 Å². The molecule has 0 aromatic rings. The first-order chi connectivity index (χ1) is 5.59. The normalized spacial score (nSPS) is 22.8. The number of carboxylic acid groups (broad SMARTS) is 1. The second kappa shape index (κ2) is 3.44. The Morgan fingerprint density at radius 1 is 1.67 bits per heavy atom. The van der Waals surface area contributed by atoms with Gasteiger partial charge in [-0.3, -0.25) is 4.79 Å². The summed E-state index contributed by atoms with van der Waals surface area (Å²) in [6, 6.07) is -0.662. The van der Waals surface area contributed by atoms with Gasteiger partial charge in [-0.05, 0) is 24.7 Å². The van der Waals surface area contributed by atoms with Crippen molar-refractivity contribution in [1.29, 1.82) is 0 Å². The molecule has 3 N–H and O–H groups in total. The van der Waals surface area contributed by atoms with Gasteiger partial charge in [0, 0.05) is 0 Å². The van der Waals surface area contributed by atoms with Crippen LogP contribution in [0.2, 0.25) is 0 Å². The van der Waals surface area contributed by atoms with E-state index in [4.69, 9.17) is 10.8 Å². The van der Waals surface area contributed by atoms with E-state index in [2.05, 4.69) is 6.92 Å². The molecule has 0 aromatic carbocycles. The van der Waals surface area contributed by atoms with Gasteiger partial charge < -0.3 is 10.8 Å². The second-order valence-electron chi connectivity index (χ2n) is 3.86. The number of nitrogens with two attached hydrogens (primary N) is 1. The molecule has 70 valence electrons. The minimum atomic E-state index is -0.866. The zero-order valence-corrected chi connectivity index (χ0v) is 7.55. The molecule has 0 bridgehead atoms. The van der Waals surface area contributed by atoms with E-state index in [0.29, 0.717) is 6.42 Å². The molecule has 3 nitrogen and oxygen atoms in total. The van der Waals surface area contributed by atoms with Gasteiger partial charge in [0.2, 0.25) is 0 Å². The molecular weight excluding hydrogens is 154 g/mol. The molecule has 12 heavy (non-hydrogen) atoms. The van der Waals surface area contributed by atoms with Gasteiger partial charge in [-0.15, -0.1) is 0 Å². The molecule has 3 heteroatoms. The largest absolute Gasteiger partial charge is 0.480 e. The molecule has 1 fully saturated rings. The molecule has 1 aliphatic rings. The highest BCUT2D eigenvalue weighted by molar-refractivity contribution is 5.73. The average molecular weight is 171 g/mol. The summed E-state index contributed by atoms with van der Waals surface area (Å²) in [5.74, 6) is -0.866. The molecule has 1 rings (SSSR count). The molecule has 0 aliphatic heterocycles. The molecule has 1 saturated carbocycles. The van der Waals surface area contributed by atoms with Gasteiger partial charge in [0.05, 0.1) is 0 Å². The number of carbonyl (C=O) groups is 1. The van der Waals surface area contributed by atoms with Crippen LogP contribution < -0.4 is 5.73 Å². The van der Waals surface area contributed by atoms with Crippen molar-refractivity contribution < 1.29 is 9.90 Å². The molecule has 0 heterocycles. The van der Waals surface area contributed by atoms with Crippen molar-refractivity contribution in [2.45, 2.75) is 45.1 Å². The highest BCUT2D eigenvalue weighted by Gasteiger charge is 2.37. The van der Waals surface area contributed by atoms with E-state index in [0.717, 1.165) is 19.3 Å². The molecule has 0 radical (unpaired) electrons. The Kier molecular flexibility index (Phi) is 2.73. The third-order valence-corrected chi connectivity index (χ3v) is 3.13.